The van der Waals surface area contributed by atoms with E-state index in [1.807, 2.05) is 0 Å². The Kier molecular flexibility index (Phi) is 5.26. The average molecular weight is 350 g/mol. The standard InChI is InChI=1S/C16H18N2O5S/c1-2-9-17-24(22,23)13-6-3-5-12(10-13)15(21)18-16(7-4-8-16)11-14(19)20/h1,3,5-6,10,17H,4,7-9,11H2,(H,18,21)(H,19,20). The number of aliphatic carboxylic acids is 1. The third-order valence-electron chi connectivity index (χ3n) is 3.95. The normalized spacial score (nSPS) is 15.8. The van der Waals surface area contributed by atoms with Crippen molar-refractivity contribution in [2.24, 2.45) is 0 Å². The maximum Gasteiger partial charge on any atom is 0.305 e. The minimum absolute atomic E-state index is 0.0775. The molecule has 0 atom stereocenters. The molecule has 2 rings (SSSR count). The van der Waals surface area contributed by atoms with Crippen molar-refractivity contribution in [3.63, 3.8) is 0 Å². The van der Waals surface area contributed by atoms with Gasteiger partial charge in [0.1, 0.15) is 0 Å². The highest BCUT2D eigenvalue weighted by atomic mass is 32.2. The fourth-order valence-corrected chi connectivity index (χ4v) is 3.56. The first-order chi connectivity index (χ1) is 11.3. The van der Waals surface area contributed by atoms with Gasteiger partial charge in [-0.15, -0.1) is 6.42 Å². The Morgan fingerprint density at radius 2 is 2.04 bits per heavy atom. The molecule has 1 aromatic carbocycles. The Morgan fingerprint density at radius 1 is 1.33 bits per heavy atom. The van der Waals surface area contributed by atoms with Crippen LogP contribution in [0.1, 0.15) is 36.0 Å². The number of rotatable bonds is 7. The zero-order valence-electron chi connectivity index (χ0n) is 12.9. The van der Waals surface area contributed by atoms with Crippen LogP contribution in [0.2, 0.25) is 0 Å². The zero-order chi connectivity index (χ0) is 17.8. The van der Waals surface area contributed by atoms with Gasteiger partial charge >= 0.3 is 5.97 Å². The minimum Gasteiger partial charge on any atom is -0.481 e. The van der Waals surface area contributed by atoms with Gasteiger partial charge in [-0.05, 0) is 37.5 Å². The lowest BCUT2D eigenvalue weighted by molar-refractivity contribution is -0.139. The molecular formula is C16H18N2O5S. The summed E-state index contributed by atoms with van der Waals surface area (Å²) in [7, 11) is -3.80. The van der Waals surface area contributed by atoms with Crippen LogP contribution in [-0.4, -0.2) is 37.5 Å². The molecule has 0 bridgehead atoms. The number of carbonyl (C=O) groups is 2. The third kappa shape index (κ3) is 4.13. The number of amides is 1. The number of carboxylic acids is 1. The predicted molar refractivity (Wildman–Crippen MR) is 86.8 cm³/mol. The quantitative estimate of drug-likeness (QED) is 0.628. The van der Waals surface area contributed by atoms with E-state index in [9.17, 15) is 18.0 Å². The number of terminal acetylenes is 1. The van der Waals surface area contributed by atoms with Gasteiger partial charge in [-0.25, -0.2) is 8.42 Å². The van der Waals surface area contributed by atoms with Gasteiger partial charge < -0.3 is 10.4 Å². The molecule has 0 saturated heterocycles. The second-order valence-electron chi connectivity index (χ2n) is 5.72. The molecule has 24 heavy (non-hydrogen) atoms. The molecule has 128 valence electrons. The number of hydrogen-bond acceptors (Lipinski definition) is 4. The van der Waals surface area contributed by atoms with Gasteiger partial charge in [0.2, 0.25) is 10.0 Å². The number of hydrogen-bond donors (Lipinski definition) is 3. The Bertz CT molecular complexity index is 791. The summed E-state index contributed by atoms with van der Waals surface area (Å²) in [6, 6.07) is 5.51. The van der Waals surface area contributed by atoms with Gasteiger partial charge in [0.05, 0.1) is 23.4 Å². The van der Waals surface area contributed by atoms with Crippen molar-refractivity contribution < 1.29 is 23.1 Å². The molecule has 0 aromatic heterocycles. The van der Waals surface area contributed by atoms with E-state index in [1.54, 1.807) is 0 Å². The summed E-state index contributed by atoms with van der Waals surface area (Å²) >= 11 is 0. The summed E-state index contributed by atoms with van der Waals surface area (Å²) in [6.07, 6.45) is 6.91. The third-order valence-corrected chi connectivity index (χ3v) is 5.35. The number of carbonyl (C=O) groups excluding carboxylic acids is 1. The molecule has 3 N–H and O–H groups in total. The molecule has 0 spiro atoms. The molecule has 1 fully saturated rings. The number of benzene rings is 1. The highest BCUT2D eigenvalue weighted by Gasteiger charge is 2.40. The number of sulfonamides is 1. The second-order valence-corrected chi connectivity index (χ2v) is 7.48. The lowest BCUT2D eigenvalue weighted by Crippen LogP contribution is -2.54. The van der Waals surface area contributed by atoms with E-state index in [1.165, 1.54) is 24.3 Å². The summed E-state index contributed by atoms with van der Waals surface area (Å²) in [5.74, 6) is 0.693. The summed E-state index contributed by atoms with van der Waals surface area (Å²) in [4.78, 5) is 23.3. The van der Waals surface area contributed by atoms with Crippen molar-refractivity contribution in [3.8, 4) is 12.3 Å². The van der Waals surface area contributed by atoms with E-state index < -0.39 is 27.4 Å². The molecule has 0 radical (unpaired) electrons. The van der Waals surface area contributed by atoms with Crippen LogP contribution >= 0.6 is 0 Å². The second kappa shape index (κ2) is 7.03. The van der Waals surface area contributed by atoms with Crippen LogP contribution in [0.5, 0.6) is 0 Å². The predicted octanol–water partition coefficient (Wildman–Crippen LogP) is 0.725. The van der Waals surface area contributed by atoms with Crippen LogP contribution in [0.15, 0.2) is 29.2 Å². The Labute approximate surface area is 140 Å². The van der Waals surface area contributed by atoms with Crippen LogP contribution in [0.4, 0.5) is 0 Å². The topological polar surface area (TPSA) is 113 Å². The van der Waals surface area contributed by atoms with Gasteiger partial charge in [0.15, 0.2) is 0 Å². The summed E-state index contributed by atoms with van der Waals surface area (Å²) in [6.45, 7) is -0.152. The molecule has 1 saturated carbocycles. The van der Waals surface area contributed by atoms with Crippen molar-refractivity contribution in [3.05, 3.63) is 29.8 Å². The van der Waals surface area contributed by atoms with E-state index in [0.29, 0.717) is 12.8 Å². The van der Waals surface area contributed by atoms with Crippen LogP contribution in [0.25, 0.3) is 0 Å². The number of nitrogens with one attached hydrogen (secondary N) is 2. The molecule has 1 amide bonds. The van der Waals surface area contributed by atoms with Crippen molar-refractivity contribution in [2.45, 2.75) is 36.1 Å². The van der Waals surface area contributed by atoms with Crippen molar-refractivity contribution in [1.82, 2.24) is 10.0 Å². The van der Waals surface area contributed by atoms with Gasteiger partial charge in [0, 0.05) is 5.56 Å². The van der Waals surface area contributed by atoms with Crippen LogP contribution < -0.4 is 10.0 Å². The molecule has 0 unspecified atom stereocenters. The van der Waals surface area contributed by atoms with Crippen LogP contribution in [-0.2, 0) is 14.8 Å². The Morgan fingerprint density at radius 3 is 2.58 bits per heavy atom. The SMILES string of the molecule is C#CCNS(=O)(=O)c1cccc(C(=O)NC2(CC(=O)O)CCC2)c1. The Balaban J connectivity index is 2.18. The molecule has 0 aliphatic heterocycles. The van der Waals surface area contributed by atoms with E-state index in [2.05, 4.69) is 16.0 Å². The molecule has 1 aliphatic rings. The molecule has 1 aromatic rings. The first kappa shape index (κ1) is 18.0. The largest absolute Gasteiger partial charge is 0.481 e. The zero-order valence-corrected chi connectivity index (χ0v) is 13.7. The maximum atomic E-state index is 12.4. The fourth-order valence-electron chi connectivity index (χ4n) is 2.58. The first-order valence-electron chi connectivity index (χ1n) is 7.35. The average Bonchev–Trinajstić information content (AvgIpc) is 2.50. The molecular weight excluding hydrogens is 332 g/mol. The maximum absolute atomic E-state index is 12.4. The fraction of sp³-hybridized carbons (Fsp3) is 0.375. The highest BCUT2D eigenvalue weighted by Crippen LogP contribution is 2.35. The highest BCUT2D eigenvalue weighted by molar-refractivity contribution is 7.89. The minimum atomic E-state index is -3.80. The molecule has 0 heterocycles. The van der Waals surface area contributed by atoms with Crippen molar-refractivity contribution >= 4 is 21.9 Å². The molecule has 1 aliphatic carbocycles. The molecule has 7 nitrogen and oxygen atoms in total. The van der Waals surface area contributed by atoms with Crippen molar-refractivity contribution in [2.75, 3.05) is 6.54 Å². The van der Waals surface area contributed by atoms with Crippen molar-refractivity contribution in [1.29, 1.82) is 0 Å². The summed E-state index contributed by atoms with van der Waals surface area (Å²) in [5.41, 5.74) is -0.602. The van der Waals surface area contributed by atoms with E-state index in [4.69, 9.17) is 11.5 Å². The summed E-state index contributed by atoms with van der Waals surface area (Å²) in [5, 5.41) is 11.7. The van der Waals surface area contributed by atoms with Gasteiger partial charge in [-0.2, -0.15) is 4.72 Å². The monoisotopic (exact) mass is 350 g/mol. The Hall–Kier alpha value is -2.37. The first-order valence-corrected chi connectivity index (χ1v) is 8.84. The van der Waals surface area contributed by atoms with Crippen LogP contribution in [0, 0.1) is 12.3 Å². The lowest BCUT2D eigenvalue weighted by Gasteiger charge is -2.41. The van der Waals surface area contributed by atoms with Gasteiger partial charge in [-0.1, -0.05) is 12.0 Å². The van der Waals surface area contributed by atoms with E-state index in [0.717, 1.165) is 6.42 Å². The van der Waals surface area contributed by atoms with Crippen LogP contribution in [0.3, 0.4) is 0 Å². The van der Waals surface area contributed by atoms with E-state index in [-0.39, 0.29) is 23.4 Å². The summed E-state index contributed by atoms with van der Waals surface area (Å²) < 4.78 is 26.3. The smallest absolute Gasteiger partial charge is 0.305 e. The van der Waals surface area contributed by atoms with Gasteiger partial charge in [-0.3, -0.25) is 9.59 Å². The number of carboxylic acid groups (broad SMARTS) is 1. The lowest BCUT2D eigenvalue weighted by atomic mass is 9.74. The van der Waals surface area contributed by atoms with Gasteiger partial charge in [0.25, 0.3) is 5.91 Å². The molecule has 8 heteroatoms. The van der Waals surface area contributed by atoms with E-state index >= 15 is 0 Å².